The Morgan fingerprint density at radius 3 is 2.67 bits per heavy atom. The van der Waals surface area contributed by atoms with Crippen molar-refractivity contribution < 1.29 is 4.79 Å². The van der Waals surface area contributed by atoms with Crippen LogP contribution in [0.15, 0.2) is 60.9 Å². The van der Waals surface area contributed by atoms with E-state index < -0.39 is 0 Å². The number of aromatic nitrogens is 4. The first-order valence-corrected chi connectivity index (χ1v) is 13.3. The topological polar surface area (TPSA) is 70.1 Å². The lowest BCUT2D eigenvalue weighted by Gasteiger charge is -2.43. The number of amides is 1. The standard InChI is InChI=1S/C29H34N6O/c1-2-27-26-12-11-24(17-28(26)35(32-27)23-9-6-10-23)33-13-14-34(29(36)16-22-18-30-31-19-22)25(20-33)15-21-7-4-3-5-8-21/h3-5,7-8,11-12,17-19,23,25H,2,6,9-10,13-16,20H2,1H3,(H,30,31). The van der Waals surface area contributed by atoms with Gasteiger partial charge in [-0.15, -0.1) is 0 Å². The fraction of sp³-hybridized carbons (Fsp3) is 0.414. The maximum absolute atomic E-state index is 13.3. The van der Waals surface area contributed by atoms with Gasteiger partial charge in [-0.1, -0.05) is 37.3 Å². The second-order valence-corrected chi connectivity index (χ2v) is 10.2. The molecule has 3 heterocycles. The second kappa shape index (κ2) is 9.80. The van der Waals surface area contributed by atoms with Crippen LogP contribution in [0.5, 0.6) is 0 Å². The molecule has 0 spiro atoms. The molecule has 1 amide bonds. The number of fused-ring (bicyclic) bond motifs is 1. The van der Waals surface area contributed by atoms with Crippen molar-refractivity contribution in [1.82, 2.24) is 24.9 Å². The SMILES string of the molecule is CCc1nn(C2CCC2)c2cc(N3CCN(C(=O)Cc4cn[nH]c4)C(Cc4ccccc4)C3)ccc12. The van der Waals surface area contributed by atoms with Crippen LogP contribution in [0.25, 0.3) is 10.9 Å². The van der Waals surface area contributed by atoms with Crippen molar-refractivity contribution >= 4 is 22.5 Å². The number of rotatable bonds is 7. The Bertz CT molecular complexity index is 1320. The van der Waals surface area contributed by atoms with Gasteiger partial charge in [0, 0.05) is 36.9 Å². The molecule has 1 saturated heterocycles. The summed E-state index contributed by atoms with van der Waals surface area (Å²) in [6.45, 7) is 4.55. The van der Waals surface area contributed by atoms with E-state index in [9.17, 15) is 4.79 Å². The number of nitrogens with one attached hydrogen (secondary N) is 1. The monoisotopic (exact) mass is 482 g/mol. The Kier molecular flexibility index (Phi) is 6.21. The van der Waals surface area contributed by atoms with Gasteiger partial charge in [-0.05, 0) is 61.4 Å². The highest BCUT2D eigenvalue weighted by Crippen LogP contribution is 2.36. The quantitative estimate of drug-likeness (QED) is 0.420. The number of benzene rings is 2. The molecule has 2 aromatic heterocycles. The maximum Gasteiger partial charge on any atom is 0.227 e. The van der Waals surface area contributed by atoms with Crippen LogP contribution in [-0.4, -0.2) is 56.5 Å². The number of carbonyl (C=O) groups excluding carboxylic acids is 1. The fourth-order valence-electron chi connectivity index (χ4n) is 5.69. The number of carbonyl (C=O) groups is 1. The molecule has 1 N–H and O–H groups in total. The molecule has 0 bridgehead atoms. The number of H-pyrrole nitrogens is 1. The third-order valence-electron chi connectivity index (χ3n) is 7.92. The van der Waals surface area contributed by atoms with Crippen molar-refractivity contribution in [3.63, 3.8) is 0 Å². The predicted molar refractivity (Wildman–Crippen MR) is 142 cm³/mol. The Morgan fingerprint density at radius 2 is 1.94 bits per heavy atom. The van der Waals surface area contributed by atoms with Crippen LogP contribution in [0.1, 0.15) is 49.0 Å². The third-order valence-corrected chi connectivity index (χ3v) is 7.92. The molecular formula is C29H34N6O. The molecule has 186 valence electrons. The molecule has 1 unspecified atom stereocenters. The predicted octanol–water partition coefficient (Wildman–Crippen LogP) is 4.55. The molecule has 1 aliphatic heterocycles. The molecule has 4 aromatic rings. The van der Waals surface area contributed by atoms with Gasteiger partial charge in [0.05, 0.1) is 35.9 Å². The van der Waals surface area contributed by atoms with E-state index >= 15 is 0 Å². The average Bonchev–Trinajstić information content (AvgIpc) is 3.51. The van der Waals surface area contributed by atoms with E-state index in [1.54, 1.807) is 6.20 Å². The third kappa shape index (κ3) is 4.38. The van der Waals surface area contributed by atoms with Crippen LogP contribution >= 0.6 is 0 Å². The van der Waals surface area contributed by atoms with Crippen molar-refractivity contribution in [3.8, 4) is 0 Å². The van der Waals surface area contributed by atoms with E-state index in [0.29, 0.717) is 19.0 Å². The Labute approximate surface area is 212 Å². The highest BCUT2D eigenvalue weighted by Gasteiger charge is 2.31. The van der Waals surface area contributed by atoms with Gasteiger partial charge in [0.2, 0.25) is 5.91 Å². The zero-order valence-electron chi connectivity index (χ0n) is 20.9. The summed E-state index contributed by atoms with van der Waals surface area (Å²) < 4.78 is 2.29. The highest BCUT2D eigenvalue weighted by molar-refractivity contribution is 5.86. The number of hydrogen-bond acceptors (Lipinski definition) is 4. The lowest BCUT2D eigenvalue weighted by Crippen LogP contribution is -2.56. The molecule has 0 radical (unpaired) electrons. The van der Waals surface area contributed by atoms with Crippen molar-refractivity contribution in [2.24, 2.45) is 0 Å². The first-order chi connectivity index (χ1) is 17.7. The Balaban J connectivity index is 1.28. The zero-order chi connectivity index (χ0) is 24.5. The molecule has 2 aliphatic rings. The highest BCUT2D eigenvalue weighted by atomic mass is 16.2. The minimum Gasteiger partial charge on any atom is -0.368 e. The van der Waals surface area contributed by atoms with E-state index in [1.807, 2.05) is 12.3 Å². The summed E-state index contributed by atoms with van der Waals surface area (Å²) in [5.41, 5.74) is 5.87. The maximum atomic E-state index is 13.3. The van der Waals surface area contributed by atoms with Crippen LogP contribution < -0.4 is 4.90 Å². The minimum atomic E-state index is 0.110. The van der Waals surface area contributed by atoms with E-state index in [-0.39, 0.29) is 11.9 Å². The second-order valence-electron chi connectivity index (χ2n) is 10.2. The molecule has 2 aromatic carbocycles. The number of nitrogens with zero attached hydrogens (tertiary/aromatic N) is 5. The van der Waals surface area contributed by atoms with E-state index in [4.69, 9.17) is 5.10 Å². The van der Waals surface area contributed by atoms with Crippen LogP contribution in [-0.2, 0) is 24.1 Å². The fourth-order valence-corrected chi connectivity index (χ4v) is 5.69. The lowest BCUT2D eigenvalue weighted by molar-refractivity contribution is -0.133. The number of hydrogen-bond donors (Lipinski definition) is 1. The van der Waals surface area contributed by atoms with Gasteiger partial charge in [0.1, 0.15) is 0 Å². The Hall–Kier alpha value is -3.61. The van der Waals surface area contributed by atoms with E-state index in [0.717, 1.165) is 31.5 Å². The van der Waals surface area contributed by atoms with Crippen molar-refractivity contribution in [1.29, 1.82) is 0 Å². The summed E-state index contributed by atoms with van der Waals surface area (Å²) in [5, 5.41) is 13.1. The molecule has 1 atom stereocenters. The summed E-state index contributed by atoms with van der Waals surface area (Å²) in [5.74, 6) is 0.170. The van der Waals surface area contributed by atoms with Gasteiger partial charge in [0.25, 0.3) is 0 Å². The summed E-state index contributed by atoms with van der Waals surface area (Å²) in [7, 11) is 0. The normalized spacial score (nSPS) is 18.5. The summed E-state index contributed by atoms with van der Waals surface area (Å²) >= 11 is 0. The van der Waals surface area contributed by atoms with Gasteiger partial charge in [-0.3, -0.25) is 14.6 Å². The Morgan fingerprint density at radius 1 is 1.08 bits per heavy atom. The summed E-state index contributed by atoms with van der Waals surface area (Å²) in [6.07, 6.45) is 9.47. The molecule has 36 heavy (non-hydrogen) atoms. The van der Waals surface area contributed by atoms with Crippen molar-refractivity contribution in [2.45, 2.75) is 57.5 Å². The molecule has 2 fully saturated rings. The molecule has 7 heteroatoms. The van der Waals surface area contributed by atoms with Crippen molar-refractivity contribution in [3.05, 3.63) is 77.7 Å². The van der Waals surface area contributed by atoms with Gasteiger partial charge < -0.3 is 9.80 Å². The number of aryl methyl sites for hydroxylation is 1. The summed E-state index contributed by atoms with van der Waals surface area (Å²) in [4.78, 5) is 17.9. The largest absolute Gasteiger partial charge is 0.368 e. The van der Waals surface area contributed by atoms with Crippen molar-refractivity contribution in [2.75, 3.05) is 24.5 Å². The van der Waals surface area contributed by atoms with Gasteiger partial charge in [0.15, 0.2) is 0 Å². The average molecular weight is 483 g/mol. The van der Waals surface area contributed by atoms with Crippen LogP contribution in [0.2, 0.25) is 0 Å². The van der Waals surface area contributed by atoms with Gasteiger partial charge >= 0.3 is 0 Å². The van der Waals surface area contributed by atoms with E-state index in [2.05, 4.69) is 74.1 Å². The van der Waals surface area contributed by atoms with Crippen LogP contribution in [0.4, 0.5) is 5.69 Å². The zero-order valence-corrected chi connectivity index (χ0v) is 20.9. The number of anilines is 1. The first-order valence-electron chi connectivity index (χ1n) is 13.3. The lowest BCUT2D eigenvalue weighted by atomic mass is 9.93. The summed E-state index contributed by atoms with van der Waals surface area (Å²) in [6, 6.07) is 18.0. The molecule has 1 aliphatic carbocycles. The number of piperazine rings is 1. The molecular weight excluding hydrogens is 448 g/mol. The van der Waals surface area contributed by atoms with Gasteiger partial charge in [-0.2, -0.15) is 10.2 Å². The van der Waals surface area contributed by atoms with Crippen LogP contribution in [0.3, 0.4) is 0 Å². The molecule has 7 nitrogen and oxygen atoms in total. The van der Waals surface area contributed by atoms with E-state index in [1.165, 1.54) is 47.1 Å². The number of aromatic amines is 1. The first kappa shape index (κ1) is 22.8. The minimum absolute atomic E-state index is 0.110. The molecule has 6 rings (SSSR count). The van der Waals surface area contributed by atoms with Gasteiger partial charge in [-0.25, -0.2) is 0 Å². The molecule has 1 saturated carbocycles. The van der Waals surface area contributed by atoms with Crippen LogP contribution in [0, 0.1) is 0 Å². The smallest absolute Gasteiger partial charge is 0.227 e.